The Labute approximate surface area is 109 Å². The number of carboxylic acid groups (broad SMARTS) is 1. The first-order valence-electron chi connectivity index (χ1n) is 5.69. The number of thioether (sulfide) groups is 1. The van der Waals surface area contributed by atoms with Crippen molar-refractivity contribution in [1.82, 2.24) is 0 Å². The molecule has 1 heterocycles. The SMILES string of the molecule is O=C(O)/C=C/c1cc(F)cc(N2CCSCC2)c1. The lowest BCUT2D eigenvalue weighted by molar-refractivity contribution is -0.131. The molecule has 1 aliphatic heterocycles. The summed E-state index contributed by atoms with van der Waals surface area (Å²) < 4.78 is 13.5. The number of halogens is 1. The van der Waals surface area contributed by atoms with Crippen molar-refractivity contribution in [1.29, 1.82) is 0 Å². The van der Waals surface area contributed by atoms with Crippen LogP contribution < -0.4 is 4.90 Å². The van der Waals surface area contributed by atoms with E-state index in [9.17, 15) is 9.18 Å². The van der Waals surface area contributed by atoms with Crippen molar-refractivity contribution < 1.29 is 14.3 Å². The van der Waals surface area contributed by atoms with Crippen molar-refractivity contribution >= 4 is 29.5 Å². The highest BCUT2D eigenvalue weighted by molar-refractivity contribution is 7.99. The largest absolute Gasteiger partial charge is 0.478 e. The van der Waals surface area contributed by atoms with Crippen molar-refractivity contribution in [3.05, 3.63) is 35.7 Å². The number of carboxylic acids is 1. The molecular formula is C13H14FNO2S. The van der Waals surface area contributed by atoms with Crippen LogP contribution >= 0.6 is 11.8 Å². The van der Waals surface area contributed by atoms with Gasteiger partial charge in [0, 0.05) is 36.4 Å². The van der Waals surface area contributed by atoms with Crippen LogP contribution in [0.25, 0.3) is 6.08 Å². The van der Waals surface area contributed by atoms with Crippen molar-refractivity contribution in [2.24, 2.45) is 0 Å². The number of carbonyl (C=O) groups is 1. The molecule has 18 heavy (non-hydrogen) atoms. The summed E-state index contributed by atoms with van der Waals surface area (Å²) in [6.45, 7) is 1.80. The first kappa shape index (κ1) is 13.0. The van der Waals surface area contributed by atoms with Gasteiger partial charge in [-0.3, -0.25) is 0 Å². The van der Waals surface area contributed by atoms with Crippen LogP contribution in [0.2, 0.25) is 0 Å². The Morgan fingerprint density at radius 3 is 2.72 bits per heavy atom. The summed E-state index contributed by atoms with van der Waals surface area (Å²) in [5.41, 5.74) is 1.39. The maximum absolute atomic E-state index is 13.5. The summed E-state index contributed by atoms with van der Waals surface area (Å²) in [4.78, 5) is 12.6. The molecule has 0 unspecified atom stereocenters. The van der Waals surface area contributed by atoms with Gasteiger partial charge in [-0.25, -0.2) is 9.18 Å². The third-order valence-corrected chi connectivity index (χ3v) is 3.64. The zero-order valence-corrected chi connectivity index (χ0v) is 10.6. The van der Waals surface area contributed by atoms with Crippen molar-refractivity contribution in [3.8, 4) is 0 Å². The summed E-state index contributed by atoms with van der Waals surface area (Å²) in [5.74, 6) is 0.708. The normalized spacial score (nSPS) is 16.2. The Kier molecular flexibility index (Phi) is 4.25. The number of hydrogen-bond donors (Lipinski definition) is 1. The number of rotatable bonds is 3. The summed E-state index contributed by atoms with van der Waals surface area (Å²) in [6.07, 6.45) is 2.43. The molecule has 5 heteroatoms. The fraction of sp³-hybridized carbons (Fsp3) is 0.308. The maximum atomic E-state index is 13.5. The maximum Gasteiger partial charge on any atom is 0.328 e. The van der Waals surface area contributed by atoms with Crippen LogP contribution in [0, 0.1) is 5.82 Å². The molecule has 0 aromatic heterocycles. The van der Waals surface area contributed by atoms with Crippen LogP contribution in [0.5, 0.6) is 0 Å². The molecule has 1 N–H and O–H groups in total. The Hall–Kier alpha value is -1.49. The van der Waals surface area contributed by atoms with Crippen LogP contribution in [0.1, 0.15) is 5.56 Å². The van der Waals surface area contributed by atoms with Crippen LogP contribution in [0.3, 0.4) is 0 Å². The standard InChI is InChI=1S/C13H14FNO2S/c14-11-7-10(1-2-13(16)17)8-12(9-11)15-3-5-18-6-4-15/h1-2,7-9H,3-6H2,(H,16,17)/b2-1+. The molecular weight excluding hydrogens is 253 g/mol. The molecule has 0 atom stereocenters. The van der Waals surface area contributed by atoms with Crippen LogP contribution in [0.15, 0.2) is 24.3 Å². The lowest BCUT2D eigenvalue weighted by atomic mass is 10.1. The van der Waals surface area contributed by atoms with E-state index in [0.717, 1.165) is 36.4 Å². The highest BCUT2D eigenvalue weighted by Gasteiger charge is 2.12. The first-order valence-corrected chi connectivity index (χ1v) is 6.85. The third-order valence-electron chi connectivity index (χ3n) is 2.70. The second-order valence-electron chi connectivity index (χ2n) is 4.01. The molecule has 2 rings (SSSR count). The fourth-order valence-electron chi connectivity index (χ4n) is 1.86. The molecule has 0 saturated carbocycles. The minimum Gasteiger partial charge on any atom is -0.478 e. The minimum absolute atomic E-state index is 0.337. The van der Waals surface area contributed by atoms with Gasteiger partial charge in [-0.05, 0) is 29.8 Å². The summed E-state index contributed by atoms with van der Waals surface area (Å²) >= 11 is 1.89. The van der Waals surface area contributed by atoms with Gasteiger partial charge < -0.3 is 10.0 Å². The molecule has 0 radical (unpaired) electrons. The molecule has 96 valence electrons. The zero-order valence-electron chi connectivity index (χ0n) is 9.80. The zero-order chi connectivity index (χ0) is 13.0. The van der Waals surface area contributed by atoms with E-state index in [2.05, 4.69) is 4.90 Å². The predicted molar refractivity (Wildman–Crippen MR) is 72.6 cm³/mol. The van der Waals surface area contributed by atoms with Gasteiger partial charge in [-0.2, -0.15) is 11.8 Å². The molecule has 1 aromatic carbocycles. The average molecular weight is 267 g/mol. The van der Waals surface area contributed by atoms with Gasteiger partial charge in [-0.15, -0.1) is 0 Å². The van der Waals surface area contributed by atoms with E-state index in [1.54, 1.807) is 0 Å². The molecule has 1 aromatic rings. The van der Waals surface area contributed by atoms with E-state index in [1.165, 1.54) is 18.2 Å². The van der Waals surface area contributed by atoms with Crippen molar-refractivity contribution in [2.45, 2.75) is 0 Å². The second-order valence-corrected chi connectivity index (χ2v) is 5.24. The van der Waals surface area contributed by atoms with Gasteiger partial charge in [-0.1, -0.05) is 0 Å². The van der Waals surface area contributed by atoms with Crippen molar-refractivity contribution in [2.75, 3.05) is 29.5 Å². The minimum atomic E-state index is -1.03. The van der Waals surface area contributed by atoms with E-state index in [4.69, 9.17) is 5.11 Å². The molecule has 1 saturated heterocycles. The van der Waals surface area contributed by atoms with Gasteiger partial charge >= 0.3 is 5.97 Å². The van der Waals surface area contributed by atoms with Gasteiger partial charge in [0.15, 0.2) is 0 Å². The quantitative estimate of drug-likeness (QED) is 0.854. The Balaban J connectivity index is 2.22. The summed E-state index contributed by atoms with van der Waals surface area (Å²) in [6, 6.07) is 4.65. The lowest BCUT2D eigenvalue weighted by Crippen LogP contribution is -2.32. The Morgan fingerprint density at radius 2 is 2.06 bits per heavy atom. The van der Waals surface area contributed by atoms with Crippen LogP contribution in [-0.4, -0.2) is 35.7 Å². The third kappa shape index (κ3) is 3.50. The van der Waals surface area contributed by atoms with E-state index < -0.39 is 5.97 Å². The molecule has 1 fully saturated rings. The molecule has 0 aliphatic carbocycles. The summed E-state index contributed by atoms with van der Waals surface area (Å²) in [7, 11) is 0. The number of nitrogens with zero attached hydrogens (tertiary/aromatic N) is 1. The summed E-state index contributed by atoms with van der Waals surface area (Å²) in [5, 5.41) is 8.57. The van der Waals surface area contributed by atoms with E-state index >= 15 is 0 Å². The highest BCUT2D eigenvalue weighted by Crippen LogP contribution is 2.22. The molecule has 1 aliphatic rings. The van der Waals surface area contributed by atoms with E-state index in [1.807, 2.05) is 17.8 Å². The smallest absolute Gasteiger partial charge is 0.328 e. The fourth-order valence-corrected chi connectivity index (χ4v) is 2.77. The predicted octanol–water partition coefficient (Wildman–Crippen LogP) is 2.48. The van der Waals surface area contributed by atoms with Gasteiger partial charge in [0.1, 0.15) is 5.82 Å². The Bertz CT molecular complexity index is 470. The average Bonchev–Trinajstić information content (AvgIpc) is 2.37. The van der Waals surface area contributed by atoms with E-state index in [-0.39, 0.29) is 5.82 Å². The second kappa shape index (κ2) is 5.91. The lowest BCUT2D eigenvalue weighted by Gasteiger charge is -2.28. The van der Waals surface area contributed by atoms with E-state index in [0.29, 0.717) is 5.56 Å². The Morgan fingerprint density at radius 1 is 1.33 bits per heavy atom. The number of hydrogen-bond acceptors (Lipinski definition) is 3. The molecule has 0 amide bonds. The van der Waals surface area contributed by atoms with Gasteiger partial charge in [0.05, 0.1) is 0 Å². The first-order chi connectivity index (χ1) is 8.65. The van der Waals surface area contributed by atoms with Crippen molar-refractivity contribution in [3.63, 3.8) is 0 Å². The van der Waals surface area contributed by atoms with Gasteiger partial charge in [0.2, 0.25) is 0 Å². The van der Waals surface area contributed by atoms with Gasteiger partial charge in [0.25, 0.3) is 0 Å². The molecule has 3 nitrogen and oxygen atoms in total. The highest BCUT2D eigenvalue weighted by atomic mass is 32.2. The molecule has 0 bridgehead atoms. The number of anilines is 1. The van der Waals surface area contributed by atoms with Crippen LogP contribution in [0.4, 0.5) is 10.1 Å². The number of benzene rings is 1. The number of aliphatic carboxylic acids is 1. The molecule has 0 spiro atoms. The van der Waals surface area contributed by atoms with Crippen LogP contribution in [-0.2, 0) is 4.79 Å². The monoisotopic (exact) mass is 267 g/mol. The topological polar surface area (TPSA) is 40.5 Å².